The highest BCUT2D eigenvalue weighted by atomic mass is 16.5. The largest absolute Gasteiger partial charge is 0.469 e. The summed E-state index contributed by atoms with van der Waals surface area (Å²) in [4.78, 5) is 23.5. The predicted octanol–water partition coefficient (Wildman–Crippen LogP) is 2.31. The molecule has 0 aliphatic heterocycles. The number of methoxy groups -OCH3 is 1. The summed E-state index contributed by atoms with van der Waals surface area (Å²) in [6.45, 7) is 0. The van der Waals surface area contributed by atoms with E-state index in [0.29, 0.717) is 18.4 Å². The van der Waals surface area contributed by atoms with Crippen molar-refractivity contribution in [1.82, 2.24) is 0 Å². The monoisotopic (exact) mass is 218 g/mol. The van der Waals surface area contributed by atoms with Crippen LogP contribution in [0.4, 0.5) is 0 Å². The lowest BCUT2D eigenvalue weighted by Gasteiger charge is -2.14. The first-order valence-corrected chi connectivity index (χ1v) is 5.44. The van der Waals surface area contributed by atoms with Crippen molar-refractivity contribution in [2.75, 3.05) is 7.11 Å². The van der Waals surface area contributed by atoms with Gasteiger partial charge in [0.1, 0.15) is 0 Å². The Balaban J connectivity index is 2.46. The smallest absolute Gasteiger partial charge is 0.313 e. The van der Waals surface area contributed by atoms with Crippen molar-refractivity contribution < 1.29 is 14.3 Å². The van der Waals surface area contributed by atoms with Crippen LogP contribution in [-0.2, 0) is 9.53 Å². The van der Waals surface area contributed by atoms with E-state index >= 15 is 0 Å². The van der Waals surface area contributed by atoms with Crippen molar-refractivity contribution in [3.63, 3.8) is 0 Å². The van der Waals surface area contributed by atoms with Gasteiger partial charge in [0.15, 0.2) is 5.78 Å². The zero-order chi connectivity index (χ0) is 11.5. The van der Waals surface area contributed by atoms with Crippen LogP contribution in [0, 0.1) is 0 Å². The first-order valence-electron chi connectivity index (χ1n) is 5.44. The van der Waals surface area contributed by atoms with Crippen LogP contribution in [0.15, 0.2) is 24.3 Å². The second-order valence-electron chi connectivity index (χ2n) is 3.98. The summed E-state index contributed by atoms with van der Waals surface area (Å²) in [5, 5.41) is 0. The number of hydrogen-bond acceptors (Lipinski definition) is 3. The second-order valence-corrected chi connectivity index (χ2v) is 3.98. The molecule has 1 aromatic rings. The van der Waals surface area contributed by atoms with Gasteiger partial charge in [0.25, 0.3) is 0 Å². The molecule has 0 saturated carbocycles. The number of hydrogen-bond donors (Lipinski definition) is 0. The number of rotatable bonds is 1. The van der Waals surface area contributed by atoms with Crippen LogP contribution in [-0.4, -0.2) is 18.9 Å². The zero-order valence-corrected chi connectivity index (χ0v) is 9.23. The Hall–Kier alpha value is -1.64. The van der Waals surface area contributed by atoms with Crippen LogP contribution >= 0.6 is 0 Å². The minimum Gasteiger partial charge on any atom is -0.469 e. The molecule has 0 bridgehead atoms. The maximum atomic E-state index is 11.8. The van der Waals surface area contributed by atoms with E-state index in [9.17, 15) is 9.59 Å². The maximum Gasteiger partial charge on any atom is 0.313 e. The molecule has 0 spiro atoms. The minimum atomic E-state index is -0.285. The summed E-state index contributed by atoms with van der Waals surface area (Å²) in [6, 6.07) is 7.32. The Kier molecular flexibility index (Phi) is 3.04. The fourth-order valence-corrected chi connectivity index (χ4v) is 2.20. The third-order valence-electron chi connectivity index (χ3n) is 3.02. The first-order chi connectivity index (χ1) is 7.74. The highest BCUT2D eigenvalue weighted by Gasteiger charge is 2.28. The van der Waals surface area contributed by atoms with Gasteiger partial charge >= 0.3 is 5.97 Å². The van der Waals surface area contributed by atoms with E-state index in [1.807, 2.05) is 18.2 Å². The third kappa shape index (κ3) is 1.85. The lowest BCUT2D eigenvalue weighted by atomic mass is 9.92. The van der Waals surface area contributed by atoms with Gasteiger partial charge in [-0.25, -0.2) is 0 Å². The number of ketones is 1. The predicted molar refractivity (Wildman–Crippen MR) is 59.4 cm³/mol. The van der Waals surface area contributed by atoms with Gasteiger partial charge < -0.3 is 4.74 Å². The van der Waals surface area contributed by atoms with Gasteiger partial charge in [-0.2, -0.15) is 0 Å². The molecule has 0 amide bonds. The van der Waals surface area contributed by atoms with Crippen molar-refractivity contribution in [3.8, 4) is 0 Å². The summed E-state index contributed by atoms with van der Waals surface area (Å²) in [7, 11) is 1.39. The van der Waals surface area contributed by atoms with Crippen molar-refractivity contribution in [2.45, 2.75) is 25.2 Å². The summed E-state index contributed by atoms with van der Waals surface area (Å²) >= 11 is 0. The van der Waals surface area contributed by atoms with Gasteiger partial charge in [-0.15, -0.1) is 0 Å². The molecule has 0 aromatic heterocycles. The quantitative estimate of drug-likeness (QED) is 0.536. The SMILES string of the molecule is COC(=O)C1CCCC(=O)c2ccccc21. The van der Waals surface area contributed by atoms with Crippen LogP contribution in [0.3, 0.4) is 0 Å². The Morgan fingerprint density at radius 1 is 1.38 bits per heavy atom. The highest BCUT2D eigenvalue weighted by Crippen LogP contribution is 2.31. The molecule has 3 heteroatoms. The number of ether oxygens (including phenoxy) is 1. The van der Waals surface area contributed by atoms with E-state index in [0.717, 1.165) is 12.0 Å². The molecule has 0 fully saturated rings. The molecule has 1 aliphatic carbocycles. The molecule has 2 rings (SSSR count). The summed E-state index contributed by atoms with van der Waals surface area (Å²) in [6.07, 6.45) is 1.95. The Labute approximate surface area is 94.4 Å². The first kappa shape index (κ1) is 10.9. The zero-order valence-electron chi connectivity index (χ0n) is 9.23. The van der Waals surface area contributed by atoms with Crippen molar-refractivity contribution in [1.29, 1.82) is 0 Å². The van der Waals surface area contributed by atoms with Gasteiger partial charge in [0, 0.05) is 12.0 Å². The minimum absolute atomic E-state index is 0.127. The maximum absolute atomic E-state index is 11.8. The molecular weight excluding hydrogens is 204 g/mol. The third-order valence-corrected chi connectivity index (χ3v) is 3.02. The van der Waals surface area contributed by atoms with Crippen LogP contribution in [0.25, 0.3) is 0 Å². The standard InChI is InChI=1S/C13H14O3/c1-16-13(15)11-7-4-8-12(14)10-6-3-2-5-9(10)11/h2-3,5-6,11H,4,7-8H2,1H3. The van der Waals surface area contributed by atoms with Gasteiger partial charge in [-0.3, -0.25) is 9.59 Å². The highest BCUT2D eigenvalue weighted by molar-refractivity contribution is 5.99. The number of carbonyl (C=O) groups is 2. The topological polar surface area (TPSA) is 43.4 Å². The molecule has 1 aliphatic rings. The van der Waals surface area contributed by atoms with Crippen LogP contribution in [0.1, 0.15) is 41.1 Å². The number of esters is 1. The number of carbonyl (C=O) groups excluding carboxylic acids is 2. The number of fused-ring (bicyclic) bond motifs is 1. The second kappa shape index (κ2) is 4.47. The van der Waals surface area contributed by atoms with Crippen molar-refractivity contribution >= 4 is 11.8 Å². The van der Waals surface area contributed by atoms with Gasteiger partial charge in [0.2, 0.25) is 0 Å². The Morgan fingerprint density at radius 3 is 2.88 bits per heavy atom. The Bertz CT molecular complexity index is 423. The Morgan fingerprint density at radius 2 is 2.12 bits per heavy atom. The number of benzene rings is 1. The van der Waals surface area contributed by atoms with E-state index in [1.165, 1.54) is 7.11 Å². The van der Waals surface area contributed by atoms with E-state index in [2.05, 4.69) is 0 Å². The average molecular weight is 218 g/mol. The lowest BCUT2D eigenvalue weighted by Crippen LogP contribution is -2.15. The molecular formula is C13H14O3. The lowest BCUT2D eigenvalue weighted by molar-refractivity contribution is -0.142. The summed E-state index contributed by atoms with van der Waals surface area (Å²) in [5.41, 5.74) is 1.49. The van der Waals surface area contributed by atoms with E-state index < -0.39 is 0 Å². The number of Topliss-reactive ketones (excluding diaryl/α,β-unsaturated/α-hetero) is 1. The average Bonchev–Trinajstić information content (AvgIpc) is 2.49. The van der Waals surface area contributed by atoms with E-state index in [4.69, 9.17) is 4.74 Å². The van der Waals surface area contributed by atoms with Gasteiger partial charge in [-0.05, 0) is 18.4 Å². The fourth-order valence-electron chi connectivity index (χ4n) is 2.20. The fraction of sp³-hybridized carbons (Fsp3) is 0.385. The molecule has 1 atom stereocenters. The van der Waals surface area contributed by atoms with Crippen molar-refractivity contribution in [2.24, 2.45) is 0 Å². The van der Waals surface area contributed by atoms with E-state index in [1.54, 1.807) is 6.07 Å². The normalized spacial score (nSPS) is 19.8. The molecule has 3 nitrogen and oxygen atoms in total. The van der Waals surface area contributed by atoms with Crippen molar-refractivity contribution in [3.05, 3.63) is 35.4 Å². The van der Waals surface area contributed by atoms with Crippen LogP contribution in [0.2, 0.25) is 0 Å². The molecule has 16 heavy (non-hydrogen) atoms. The molecule has 0 heterocycles. The molecule has 1 aromatic carbocycles. The summed E-state index contributed by atoms with van der Waals surface area (Å²) < 4.78 is 4.79. The molecule has 1 unspecified atom stereocenters. The molecule has 0 N–H and O–H groups in total. The van der Waals surface area contributed by atoms with E-state index in [-0.39, 0.29) is 17.7 Å². The molecule has 0 radical (unpaired) electrons. The van der Waals surface area contributed by atoms with Gasteiger partial charge in [0.05, 0.1) is 13.0 Å². The summed E-state index contributed by atoms with van der Waals surface area (Å²) in [5.74, 6) is -0.406. The van der Waals surface area contributed by atoms with Crippen LogP contribution < -0.4 is 0 Å². The van der Waals surface area contributed by atoms with Gasteiger partial charge in [-0.1, -0.05) is 24.3 Å². The molecule has 0 saturated heterocycles. The molecule has 84 valence electrons. The van der Waals surface area contributed by atoms with Crippen LogP contribution in [0.5, 0.6) is 0 Å².